The Morgan fingerprint density at radius 3 is 2.45 bits per heavy atom. The first-order valence-electron chi connectivity index (χ1n) is 11.9. The van der Waals surface area contributed by atoms with Crippen LogP contribution in [0.4, 0.5) is 5.69 Å². The summed E-state index contributed by atoms with van der Waals surface area (Å²) in [5, 5.41) is 16.0. The zero-order chi connectivity index (χ0) is 24.3. The van der Waals surface area contributed by atoms with Gasteiger partial charge in [0.15, 0.2) is 0 Å². The quantitative estimate of drug-likeness (QED) is 0.389. The molecule has 1 saturated heterocycles. The van der Waals surface area contributed by atoms with Crippen molar-refractivity contribution in [2.45, 2.75) is 58.6 Å². The van der Waals surface area contributed by atoms with E-state index in [1.807, 2.05) is 65.0 Å². The van der Waals surface area contributed by atoms with Crippen LogP contribution < -0.4 is 10.6 Å². The Morgan fingerprint density at radius 1 is 1.21 bits per heavy atom. The van der Waals surface area contributed by atoms with Gasteiger partial charge < -0.3 is 20.1 Å². The van der Waals surface area contributed by atoms with Gasteiger partial charge in [0.2, 0.25) is 0 Å². The van der Waals surface area contributed by atoms with Crippen molar-refractivity contribution < 1.29 is 14.3 Å². The van der Waals surface area contributed by atoms with E-state index in [0.717, 1.165) is 57.1 Å². The topological polar surface area (TPSA) is 86.6 Å². The van der Waals surface area contributed by atoms with E-state index in [0.29, 0.717) is 13.0 Å². The van der Waals surface area contributed by atoms with E-state index in [-0.39, 0.29) is 17.1 Å². The minimum absolute atomic E-state index is 0.0967. The van der Waals surface area contributed by atoms with Crippen molar-refractivity contribution in [3.05, 3.63) is 35.4 Å². The molecule has 0 spiro atoms. The van der Waals surface area contributed by atoms with Crippen LogP contribution in [0.5, 0.6) is 0 Å². The van der Waals surface area contributed by atoms with Gasteiger partial charge in [0.25, 0.3) is 5.91 Å². The molecule has 7 heteroatoms. The Balaban J connectivity index is 1.90. The Labute approximate surface area is 199 Å². The molecule has 1 aromatic carbocycles. The van der Waals surface area contributed by atoms with Crippen molar-refractivity contribution in [2.24, 2.45) is 0 Å². The van der Waals surface area contributed by atoms with Gasteiger partial charge in [0.05, 0.1) is 18.8 Å². The van der Waals surface area contributed by atoms with E-state index < -0.39 is 5.54 Å². The number of benzene rings is 1. The van der Waals surface area contributed by atoms with Gasteiger partial charge in [0, 0.05) is 44.0 Å². The van der Waals surface area contributed by atoms with Crippen molar-refractivity contribution in [3.8, 4) is 6.07 Å². The number of amides is 1. The maximum atomic E-state index is 12.8. The van der Waals surface area contributed by atoms with Crippen LogP contribution in [-0.4, -0.2) is 67.9 Å². The summed E-state index contributed by atoms with van der Waals surface area (Å²) in [4.78, 5) is 15.2. The summed E-state index contributed by atoms with van der Waals surface area (Å²) in [7, 11) is 0. The van der Waals surface area contributed by atoms with E-state index in [9.17, 15) is 10.1 Å². The molecule has 0 aromatic heterocycles. The summed E-state index contributed by atoms with van der Waals surface area (Å²) in [5.41, 5.74) is 1.27. The fourth-order valence-corrected chi connectivity index (χ4v) is 3.45. The molecule has 1 aliphatic heterocycles. The van der Waals surface area contributed by atoms with E-state index in [1.165, 1.54) is 0 Å². The van der Waals surface area contributed by atoms with Gasteiger partial charge in [-0.15, -0.1) is 0 Å². The lowest BCUT2D eigenvalue weighted by Gasteiger charge is -2.31. The third-order valence-corrected chi connectivity index (χ3v) is 5.83. The second kappa shape index (κ2) is 12.7. The molecule has 0 saturated carbocycles. The van der Waals surface area contributed by atoms with Gasteiger partial charge in [0.1, 0.15) is 11.6 Å². The van der Waals surface area contributed by atoms with Crippen molar-refractivity contribution in [1.82, 2.24) is 10.2 Å². The number of nitrogens with one attached hydrogen (secondary N) is 2. The van der Waals surface area contributed by atoms with Gasteiger partial charge in [-0.1, -0.05) is 19.1 Å². The lowest BCUT2D eigenvalue weighted by atomic mass is 9.94. The van der Waals surface area contributed by atoms with Crippen LogP contribution in [0.1, 0.15) is 53.0 Å². The number of carbonyl (C=O) groups excluding carboxylic acids is 1. The van der Waals surface area contributed by atoms with Crippen molar-refractivity contribution >= 4 is 17.7 Å². The first-order chi connectivity index (χ1) is 15.6. The van der Waals surface area contributed by atoms with Gasteiger partial charge in [-0.2, -0.15) is 5.26 Å². The lowest BCUT2D eigenvalue weighted by Crippen LogP contribution is -2.47. The third-order valence-electron chi connectivity index (χ3n) is 5.83. The van der Waals surface area contributed by atoms with Gasteiger partial charge >= 0.3 is 0 Å². The predicted octanol–water partition coefficient (Wildman–Crippen LogP) is 3.83. The third kappa shape index (κ3) is 9.95. The highest BCUT2D eigenvalue weighted by Crippen LogP contribution is 2.19. The molecular weight excluding hydrogens is 416 g/mol. The lowest BCUT2D eigenvalue weighted by molar-refractivity contribution is -0.119. The Kier molecular flexibility index (Phi) is 10.4. The first-order valence-corrected chi connectivity index (χ1v) is 11.9. The van der Waals surface area contributed by atoms with Crippen LogP contribution in [0, 0.1) is 11.3 Å². The minimum Gasteiger partial charge on any atom is -0.384 e. The number of hydrogen-bond acceptors (Lipinski definition) is 6. The molecule has 2 N–H and O–H groups in total. The molecule has 1 aliphatic rings. The summed E-state index contributed by atoms with van der Waals surface area (Å²) in [5.74, 6) is -0.356. The van der Waals surface area contributed by atoms with Gasteiger partial charge in [-0.25, -0.2) is 0 Å². The Morgan fingerprint density at radius 2 is 1.88 bits per heavy atom. The number of morpholine rings is 1. The number of anilines is 1. The zero-order valence-corrected chi connectivity index (χ0v) is 20.9. The molecule has 1 aromatic rings. The van der Waals surface area contributed by atoms with E-state index in [1.54, 1.807) is 6.08 Å². The molecule has 1 atom stereocenters. The van der Waals surface area contributed by atoms with Gasteiger partial charge in [-0.05, 0) is 64.3 Å². The van der Waals surface area contributed by atoms with E-state index in [4.69, 9.17) is 9.47 Å². The number of nitriles is 1. The fraction of sp³-hybridized carbons (Fsp3) is 0.615. The second-order valence-corrected chi connectivity index (χ2v) is 9.75. The molecule has 182 valence electrons. The van der Waals surface area contributed by atoms with Crippen molar-refractivity contribution in [3.63, 3.8) is 0 Å². The molecule has 0 aliphatic carbocycles. The number of carbonyl (C=O) groups is 1. The standard InChI is InChI=1S/C26H40N4O3/c1-6-26(5,11-16-33-25(2,3)4)29-24(31)22(20-27)19-21-7-9-23(10-8-21)28-12-13-30-14-17-32-18-15-30/h7-10,19,28H,6,11-18H2,1-5H3,(H,29,31). The predicted molar refractivity (Wildman–Crippen MR) is 133 cm³/mol. The van der Waals surface area contributed by atoms with E-state index >= 15 is 0 Å². The average Bonchev–Trinajstić information content (AvgIpc) is 2.78. The maximum Gasteiger partial charge on any atom is 0.262 e. The molecule has 1 unspecified atom stereocenters. The van der Waals surface area contributed by atoms with Crippen LogP contribution >= 0.6 is 0 Å². The van der Waals surface area contributed by atoms with E-state index in [2.05, 4.69) is 15.5 Å². The van der Waals surface area contributed by atoms with Crippen molar-refractivity contribution in [2.75, 3.05) is 51.3 Å². The molecule has 7 nitrogen and oxygen atoms in total. The highest BCUT2D eigenvalue weighted by atomic mass is 16.5. The highest BCUT2D eigenvalue weighted by Gasteiger charge is 2.26. The number of rotatable bonds is 11. The van der Waals surface area contributed by atoms with Crippen LogP contribution in [0.25, 0.3) is 6.08 Å². The SMILES string of the molecule is CCC(C)(CCOC(C)(C)C)NC(=O)C(C#N)=Cc1ccc(NCCN2CCOCC2)cc1. The molecule has 0 radical (unpaired) electrons. The van der Waals surface area contributed by atoms with Crippen molar-refractivity contribution in [1.29, 1.82) is 5.26 Å². The maximum absolute atomic E-state index is 12.8. The van der Waals surface area contributed by atoms with Crippen LogP contribution in [0.15, 0.2) is 29.8 Å². The Hall–Kier alpha value is -2.40. The molecular formula is C26H40N4O3. The summed E-state index contributed by atoms with van der Waals surface area (Å²) >= 11 is 0. The highest BCUT2D eigenvalue weighted by molar-refractivity contribution is 6.02. The number of hydrogen-bond donors (Lipinski definition) is 2. The average molecular weight is 457 g/mol. The first kappa shape index (κ1) is 26.8. The zero-order valence-electron chi connectivity index (χ0n) is 20.9. The second-order valence-electron chi connectivity index (χ2n) is 9.75. The molecule has 0 bridgehead atoms. The molecule has 1 heterocycles. The van der Waals surface area contributed by atoms with Crippen LogP contribution in [-0.2, 0) is 14.3 Å². The summed E-state index contributed by atoms with van der Waals surface area (Å²) < 4.78 is 11.2. The molecule has 1 amide bonds. The van der Waals surface area contributed by atoms with Crippen LogP contribution in [0.3, 0.4) is 0 Å². The number of nitrogens with zero attached hydrogens (tertiary/aromatic N) is 2. The Bertz CT molecular complexity index is 817. The molecule has 1 fully saturated rings. The van der Waals surface area contributed by atoms with Gasteiger partial charge in [-0.3, -0.25) is 9.69 Å². The monoisotopic (exact) mass is 456 g/mol. The smallest absolute Gasteiger partial charge is 0.262 e. The normalized spacial score (nSPS) is 17.2. The van der Waals surface area contributed by atoms with Crippen LogP contribution in [0.2, 0.25) is 0 Å². The minimum atomic E-state index is -0.438. The molecule has 33 heavy (non-hydrogen) atoms. The summed E-state index contributed by atoms with van der Waals surface area (Å²) in [6, 6.07) is 9.82. The largest absolute Gasteiger partial charge is 0.384 e. The molecule has 2 rings (SSSR count). The fourth-order valence-electron chi connectivity index (χ4n) is 3.45. The number of ether oxygens (including phenoxy) is 2. The summed E-state index contributed by atoms with van der Waals surface area (Å²) in [6.07, 6.45) is 3.06. The summed E-state index contributed by atoms with van der Waals surface area (Å²) in [6.45, 7) is 16.0.